The first-order valence-corrected chi connectivity index (χ1v) is 3.32. The third-order valence-electron chi connectivity index (χ3n) is 0. The molecule has 0 aliphatic heterocycles. The van der Waals surface area contributed by atoms with Gasteiger partial charge >= 0.3 is 68.6 Å². The summed E-state index contributed by atoms with van der Waals surface area (Å²) in [4.78, 5) is 0. The summed E-state index contributed by atoms with van der Waals surface area (Å²) >= 11 is 0. The molecule has 0 amide bonds. The molecule has 0 bridgehead atoms. The second-order valence-electron chi connectivity index (χ2n) is 0.531. The van der Waals surface area contributed by atoms with Crippen LogP contribution in [0.1, 0.15) is 2.85 Å². The van der Waals surface area contributed by atoms with E-state index < -0.39 is 19.7 Å². The smallest absolute Gasteiger partial charge is 1.00 e. The zero-order valence-electron chi connectivity index (χ0n) is 6.14. The van der Waals surface area contributed by atoms with Crippen LogP contribution in [0.3, 0.4) is 0 Å². The molecule has 0 heterocycles. The van der Waals surface area contributed by atoms with Gasteiger partial charge in [-0.25, -0.2) is 0 Å². The topological polar surface area (TPSA) is 109 Å². The molecule has 0 saturated heterocycles. The Labute approximate surface area is 96.6 Å². The molecule has 0 radical (unpaired) electrons. The number of hydrogen-bond acceptors (Lipinski definition) is 4. The molecule has 0 fully saturated rings. The summed E-state index contributed by atoms with van der Waals surface area (Å²) in [7, 11) is -6.08. The van der Waals surface area contributed by atoms with Crippen molar-refractivity contribution >= 4 is 68.6 Å². The van der Waals surface area contributed by atoms with Crippen molar-refractivity contribution in [2.24, 2.45) is 0 Å². The van der Waals surface area contributed by atoms with Crippen LogP contribution in [0.15, 0.2) is 0 Å². The standard InChI is InChI=1S/Ba.H2O4S.O2Si.2H/c;1-5(2,3)4;1-3-2;;/h;(H2,1,2,3,4);;;/q+2;;;2*-1. The molecule has 6 nitrogen and oxygen atoms in total. The molecule has 0 rings (SSSR count). The molecule has 0 aromatic carbocycles. The van der Waals surface area contributed by atoms with Crippen LogP contribution in [-0.2, 0) is 19.3 Å². The Morgan fingerprint density at radius 3 is 1.22 bits per heavy atom. The van der Waals surface area contributed by atoms with Crippen LogP contribution in [0.4, 0.5) is 0 Å². The Morgan fingerprint density at radius 2 is 1.22 bits per heavy atom. The summed E-state index contributed by atoms with van der Waals surface area (Å²) in [6, 6.07) is 0. The maximum atomic E-state index is 8.74. The number of rotatable bonds is 0. The van der Waals surface area contributed by atoms with Crippen LogP contribution in [0.2, 0.25) is 0 Å². The van der Waals surface area contributed by atoms with E-state index in [0.29, 0.717) is 0 Å². The summed E-state index contributed by atoms with van der Waals surface area (Å²) < 4.78 is 48.4. The minimum Gasteiger partial charge on any atom is -1.00 e. The number of hydrogen-bond donors (Lipinski definition) is 2. The summed E-state index contributed by atoms with van der Waals surface area (Å²) in [6.45, 7) is 0. The minimum atomic E-state index is -4.67. The van der Waals surface area contributed by atoms with Crippen molar-refractivity contribution in [3.63, 3.8) is 0 Å². The Balaban J connectivity index is -0.0000000183. The molecule has 9 heavy (non-hydrogen) atoms. The van der Waals surface area contributed by atoms with Crippen LogP contribution in [0.25, 0.3) is 0 Å². The van der Waals surface area contributed by atoms with Gasteiger partial charge in [0.05, 0.1) is 0 Å². The average Bonchev–Trinajstić information content (AvgIpc) is 1.27. The average molecular weight is 298 g/mol. The SMILES string of the molecule is O=S(=O)(O)O.O=[Si]=O.[Ba+2].[H-].[H-]. The summed E-state index contributed by atoms with van der Waals surface area (Å²) in [5.74, 6) is 0. The fourth-order valence-electron chi connectivity index (χ4n) is 0. The van der Waals surface area contributed by atoms with E-state index in [9.17, 15) is 0 Å². The summed E-state index contributed by atoms with van der Waals surface area (Å²) in [5.41, 5.74) is 0. The van der Waals surface area contributed by atoms with E-state index in [0.717, 1.165) is 0 Å². The predicted molar refractivity (Wildman–Crippen MR) is 29.3 cm³/mol. The molecule has 2 N–H and O–H groups in total. The van der Waals surface area contributed by atoms with Crippen molar-refractivity contribution in [2.45, 2.75) is 0 Å². The van der Waals surface area contributed by atoms with E-state index in [1.165, 1.54) is 0 Å². The molecule has 0 atom stereocenters. The Kier molecular flexibility index (Phi) is 17.2. The predicted octanol–water partition coefficient (Wildman–Crippen LogP) is -1.43. The molecule has 0 aromatic heterocycles. The van der Waals surface area contributed by atoms with Crippen molar-refractivity contribution in [2.75, 3.05) is 0 Å². The molecule has 9 heteroatoms. The minimum absolute atomic E-state index is 0. The molecule has 0 aliphatic rings. The van der Waals surface area contributed by atoms with Crippen molar-refractivity contribution in [3.05, 3.63) is 0 Å². The third kappa shape index (κ3) is 308. The molecule has 0 unspecified atom stereocenters. The molecular formula is H4BaO6SSi. The fourth-order valence-corrected chi connectivity index (χ4v) is 0. The van der Waals surface area contributed by atoms with Gasteiger partial charge in [0, 0.05) is 0 Å². The molecular weight excluding hydrogens is 293 g/mol. The van der Waals surface area contributed by atoms with Crippen LogP contribution in [0.5, 0.6) is 0 Å². The van der Waals surface area contributed by atoms with Gasteiger partial charge in [-0.1, -0.05) is 0 Å². The van der Waals surface area contributed by atoms with Gasteiger partial charge in [-0.05, 0) is 0 Å². The van der Waals surface area contributed by atoms with Gasteiger partial charge in [-0.2, -0.15) is 8.42 Å². The zero-order valence-corrected chi connectivity index (χ0v) is 10.4. The summed E-state index contributed by atoms with van der Waals surface area (Å²) in [5, 5.41) is 0. The second-order valence-corrected chi connectivity index (χ2v) is 1.59. The van der Waals surface area contributed by atoms with Crippen LogP contribution in [0, 0.1) is 0 Å². The first kappa shape index (κ1) is 16.7. The Morgan fingerprint density at radius 1 is 1.22 bits per heavy atom. The van der Waals surface area contributed by atoms with E-state index >= 15 is 0 Å². The molecule has 0 aromatic rings. The van der Waals surface area contributed by atoms with Crippen LogP contribution in [-0.4, -0.2) is 75.7 Å². The normalized spacial score (nSPS) is 7.33. The molecule has 0 spiro atoms. The van der Waals surface area contributed by atoms with Gasteiger partial charge in [-0.15, -0.1) is 0 Å². The van der Waals surface area contributed by atoms with Crippen molar-refractivity contribution in [1.29, 1.82) is 0 Å². The van der Waals surface area contributed by atoms with E-state index in [1.54, 1.807) is 0 Å². The van der Waals surface area contributed by atoms with E-state index in [-0.39, 0.29) is 51.7 Å². The van der Waals surface area contributed by atoms with E-state index in [2.05, 4.69) is 0 Å². The molecule has 0 saturated carbocycles. The molecule has 0 aliphatic carbocycles. The van der Waals surface area contributed by atoms with Crippen LogP contribution >= 0.6 is 0 Å². The summed E-state index contributed by atoms with van der Waals surface area (Å²) in [6.07, 6.45) is 0. The Hall–Kier alpha value is 1.26. The third-order valence-corrected chi connectivity index (χ3v) is 0. The quantitative estimate of drug-likeness (QED) is 0.419. The van der Waals surface area contributed by atoms with Gasteiger partial charge in [0.1, 0.15) is 0 Å². The van der Waals surface area contributed by atoms with Gasteiger partial charge in [-0.3, -0.25) is 18.0 Å². The maximum absolute atomic E-state index is 8.74. The fraction of sp³-hybridized carbons (Fsp3) is 0. The van der Waals surface area contributed by atoms with Gasteiger partial charge in [0.2, 0.25) is 0 Å². The van der Waals surface area contributed by atoms with Gasteiger partial charge < -0.3 is 2.85 Å². The Bertz CT molecular complexity index is 161. The van der Waals surface area contributed by atoms with Crippen LogP contribution < -0.4 is 0 Å². The maximum Gasteiger partial charge on any atom is 2.00 e. The first-order valence-electron chi connectivity index (χ1n) is 1.11. The molecule has 52 valence electrons. The second kappa shape index (κ2) is 9.26. The van der Waals surface area contributed by atoms with E-state index in [4.69, 9.17) is 26.4 Å². The first-order chi connectivity index (χ1) is 3.41. The van der Waals surface area contributed by atoms with E-state index in [1.807, 2.05) is 0 Å². The van der Waals surface area contributed by atoms with Crippen molar-refractivity contribution < 1.29 is 29.3 Å². The monoisotopic (exact) mass is 298 g/mol. The van der Waals surface area contributed by atoms with Crippen molar-refractivity contribution in [3.8, 4) is 0 Å². The van der Waals surface area contributed by atoms with Gasteiger partial charge in [0.25, 0.3) is 0 Å². The zero-order chi connectivity index (χ0) is 7.21. The van der Waals surface area contributed by atoms with Crippen molar-refractivity contribution in [1.82, 2.24) is 0 Å². The van der Waals surface area contributed by atoms with Gasteiger partial charge in [0.15, 0.2) is 0 Å². The largest absolute Gasteiger partial charge is 2.00 e.